The second-order valence-corrected chi connectivity index (χ2v) is 3.82. The molecule has 0 aliphatic carbocycles. The molecule has 84 valence electrons. The van der Waals surface area contributed by atoms with Gasteiger partial charge in [-0.1, -0.05) is 12.1 Å². The van der Waals surface area contributed by atoms with Gasteiger partial charge < -0.3 is 10.1 Å². The van der Waals surface area contributed by atoms with Gasteiger partial charge in [-0.25, -0.2) is 0 Å². The first kappa shape index (κ1) is 12.1. The first-order chi connectivity index (χ1) is 7.16. The zero-order valence-corrected chi connectivity index (χ0v) is 10.2. The predicted molar refractivity (Wildman–Crippen MR) is 65.6 cm³/mol. The van der Waals surface area contributed by atoms with Gasteiger partial charge >= 0.3 is 0 Å². The monoisotopic (exact) mass is 207 g/mol. The van der Waals surface area contributed by atoms with Crippen LogP contribution in [0.2, 0.25) is 0 Å². The van der Waals surface area contributed by atoms with Crippen LogP contribution in [-0.2, 0) is 4.74 Å². The molecule has 0 spiro atoms. The normalized spacial score (nSPS) is 10.4. The van der Waals surface area contributed by atoms with E-state index in [0.717, 1.165) is 19.8 Å². The van der Waals surface area contributed by atoms with Gasteiger partial charge in [-0.05, 0) is 44.4 Å². The summed E-state index contributed by atoms with van der Waals surface area (Å²) in [7, 11) is 0. The van der Waals surface area contributed by atoms with Gasteiger partial charge in [-0.15, -0.1) is 0 Å². The molecule has 0 amide bonds. The quantitative estimate of drug-likeness (QED) is 0.749. The van der Waals surface area contributed by atoms with E-state index in [0.29, 0.717) is 0 Å². The lowest BCUT2D eigenvalue weighted by atomic mass is 10.0. The number of benzene rings is 1. The molecule has 0 bridgehead atoms. The maximum atomic E-state index is 5.30. The van der Waals surface area contributed by atoms with Crippen molar-refractivity contribution in [3.63, 3.8) is 0 Å². The van der Waals surface area contributed by atoms with Gasteiger partial charge in [0, 0.05) is 18.8 Å². The molecular weight excluding hydrogens is 186 g/mol. The Morgan fingerprint density at radius 2 is 1.80 bits per heavy atom. The number of aryl methyl sites for hydroxylation is 2. The molecular formula is C13H21NO. The predicted octanol–water partition coefficient (Wildman–Crippen LogP) is 3.06. The fourth-order valence-electron chi connectivity index (χ4n) is 1.62. The highest BCUT2D eigenvalue weighted by Gasteiger charge is 2.03. The highest BCUT2D eigenvalue weighted by molar-refractivity contribution is 5.59. The van der Waals surface area contributed by atoms with Gasteiger partial charge in [-0.2, -0.15) is 0 Å². The number of ether oxygens (including phenoxy) is 1. The maximum absolute atomic E-state index is 5.30. The lowest BCUT2D eigenvalue weighted by molar-refractivity contribution is 0.158. The third kappa shape index (κ3) is 3.24. The van der Waals surface area contributed by atoms with E-state index in [-0.39, 0.29) is 0 Å². The maximum Gasteiger partial charge on any atom is 0.0638 e. The van der Waals surface area contributed by atoms with Gasteiger partial charge in [0.25, 0.3) is 0 Å². The van der Waals surface area contributed by atoms with Crippen LogP contribution in [-0.4, -0.2) is 19.8 Å². The molecule has 1 aromatic carbocycles. The first-order valence-electron chi connectivity index (χ1n) is 5.55. The van der Waals surface area contributed by atoms with E-state index in [2.05, 4.69) is 38.2 Å². The Bertz CT molecular complexity index is 321. The van der Waals surface area contributed by atoms with Crippen LogP contribution in [0.1, 0.15) is 23.6 Å². The number of hydrogen-bond donors (Lipinski definition) is 1. The highest BCUT2D eigenvalue weighted by Crippen LogP contribution is 2.22. The van der Waals surface area contributed by atoms with Crippen LogP contribution in [0.3, 0.4) is 0 Å². The summed E-state index contributed by atoms with van der Waals surface area (Å²) < 4.78 is 5.30. The van der Waals surface area contributed by atoms with Crippen LogP contribution in [0.4, 0.5) is 5.69 Å². The molecule has 1 N–H and O–H groups in total. The molecule has 0 heterocycles. The summed E-state index contributed by atoms with van der Waals surface area (Å²) in [5.41, 5.74) is 5.23. The third-order valence-electron chi connectivity index (χ3n) is 2.70. The summed E-state index contributed by atoms with van der Waals surface area (Å²) in [5, 5.41) is 3.43. The Morgan fingerprint density at radius 1 is 1.13 bits per heavy atom. The van der Waals surface area contributed by atoms with Crippen LogP contribution in [0.25, 0.3) is 0 Å². The van der Waals surface area contributed by atoms with Crippen molar-refractivity contribution in [1.29, 1.82) is 0 Å². The van der Waals surface area contributed by atoms with Gasteiger partial charge in [0.1, 0.15) is 0 Å². The molecule has 0 aliphatic heterocycles. The molecule has 0 radical (unpaired) electrons. The van der Waals surface area contributed by atoms with E-state index in [9.17, 15) is 0 Å². The van der Waals surface area contributed by atoms with Crippen molar-refractivity contribution in [1.82, 2.24) is 0 Å². The molecule has 0 fully saturated rings. The Kier molecular flexibility index (Phi) is 4.63. The van der Waals surface area contributed by atoms with Crippen molar-refractivity contribution in [2.75, 3.05) is 25.1 Å². The Labute approximate surface area is 92.6 Å². The molecule has 2 heteroatoms. The fraction of sp³-hybridized carbons (Fsp3) is 0.538. The van der Waals surface area contributed by atoms with Gasteiger partial charge in [0.05, 0.1) is 6.61 Å². The van der Waals surface area contributed by atoms with Gasteiger partial charge in [0.2, 0.25) is 0 Å². The number of hydrogen-bond acceptors (Lipinski definition) is 2. The van der Waals surface area contributed by atoms with Crippen LogP contribution in [0, 0.1) is 20.8 Å². The van der Waals surface area contributed by atoms with Crippen molar-refractivity contribution >= 4 is 5.69 Å². The Balaban J connectivity index is 2.63. The molecule has 15 heavy (non-hydrogen) atoms. The van der Waals surface area contributed by atoms with Gasteiger partial charge in [0.15, 0.2) is 0 Å². The Hall–Kier alpha value is -1.02. The Morgan fingerprint density at radius 3 is 2.47 bits per heavy atom. The molecule has 0 saturated carbocycles. The van der Waals surface area contributed by atoms with Crippen LogP contribution >= 0.6 is 0 Å². The topological polar surface area (TPSA) is 21.3 Å². The average molecular weight is 207 g/mol. The first-order valence-corrected chi connectivity index (χ1v) is 5.55. The minimum atomic E-state index is 0.767. The standard InChI is InChI=1S/C13H21NO/c1-5-15-9-8-14-13-11(3)7-6-10(2)12(13)4/h6-7,14H,5,8-9H2,1-4H3. The molecule has 1 rings (SSSR count). The third-order valence-corrected chi connectivity index (χ3v) is 2.70. The van der Waals surface area contributed by atoms with E-state index in [1.165, 1.54) is 22.4 Å². The summed E-state index contributed by atoms with van der Waals surface area (Å²) in [4.78, 5) is 0. The number of nitrogens with one attached hydrogen (secondary N) is 1. The van der Waals surface area contributed by atoms with E-state index < -0.39 is 0 Å². The summed E-state index contributed by atoms with van der Waals surface area (Å²) in [6, 6.07) is 4.32. The lowest BCUT2D eigenvalue weighted by Crippen LogP contribution is -2.11. The van der Waals surface area contributed by atoms with E-state index >= 15 is 0 Å². The van der Waals surface area contributed by atoms with Crippen molar-refractivity contribution in [2.45, 2.75) is 27.7 Å². The number of rotatable bonds is 5. The molecule has 0 saturated heterocycles. The SMILES string of the molecule is CCOCCNc1c(C)ccc(C)c1C. The van der Waals surface area contributed by atoms with E-state index in [1.807, 2.05) is 6.92 Å². The lowest BCUT2D eigenvalue weighted by Gasteiger charge is -2.14. The summed E-state index contributed by atoms with van der Waals surface area (Å²) in [6.45, 7) is 10.9. The van der Waals surface area contributed by atoms with E-state index in [4.69, 9.17) is 4.74 Å². The van der Waals surface area contributed by atoms with Crippen molar-refractivity contribution in [3.05, 3.63) is 28.8 Å². The zero-order chi connectivity index (χ0) is 11.3. The van der Waals surface area contributed by atoms with Gasteiger partial charge in [-0.3, -0.25) is 0 Å². The van der Waals surface area contributed by atoms with Crippen LogP contribution in [0.5, 0.6) is 0 Å². The fourth-order valence-corrected chi connectivity index (χ4v) is 1.62. The zero-order valence-electron chi connectivity index (χ0n) is 10.2. The second kappa shape index (κ2) is 5.76. The van der Waals surface area contributed by atoms with E-state index in [1.54, 1.807) is 0 Å². The van der Waals surface area contributed by atoms with Crippen LogP contribution in [0.15, 0.2) is 12.1 Å². The second-order valence-electron chi connectivity index (χ2n) is 3.82. The highest BCUT2D eigenvalue weighted by atomic mass is 16.5. The van der Waals surface area contributed by atoms with Crippen molar-refractivity contribution in [3.8, 4) is 0 Å². The molecule has 2 nitrogen and oxygen atoms in total. The summed E-state index contributed by atoms with van der Waals surface area (Å²) in [5.74, 6) is 0. The molecule has 0 aliphatic rings. The molecule has 0 aromatic heterocycles. The minimum absolute atomic E-state index is 0.767. The average Bonchev–Trinajstić information content (AvgIpc) is 2.23. The molecule has 0 atom stereocenters. The minimum Gasteiger partial charge on any atom is -0.382 e. The van der Waals surface area contributed by atoms with Crippen molar-refractivity contribution in [2.24, 2.45) is 0 Å². The summed E-state index contributed by atoms with van der Waals surface area (Å²) in [6.07, 6.45) is 0. The van der Waals surface area contributed by atoms with Crippen LogP contribution < -0.4 is 5.32 Å². The number of anilines is 1. The summed E-state index contributed by atoms with van der Waals surface area (Å²) >= 11 is 0. The van der Waals surface area contributed by atoms with Crippen molar-refractivity contribution < 1.29 is 4.74 Å². The largest absolute Gasteiger partial charge is 0.382 e. The molecule has 0 unspecified atom stereocenters. The molecule has 1 aromatic rings. The smallest absolute Gasteiger partial charge is 0.0638 e.